The monoisotopic (exact) mass is 301 g/mol. The van der Waals surface area contributed by atoms with Crippen LogP contribution >= 0.6 is 0 Å². The summed E-state index contributed by atoms with van der Waals surface area (Å²) in [4.78, 5) is 0. The Hall–Kier alpha value is -0.807. The van der Waals surface area contributed by atoms with Gasteiger partial charge in [-0.15, -0.1) is 40.6 Å². The van der Waals surface area contributed by atoms with E-state index < -0.39 is 0 Å². The molecule has 0 aliphatic rings. The van der Waals surface area contributed by atoms with Crippen molar-refractivity contribution < 1.29 is 26.2 Å². The molecule has 0 aliphatic carbocycles. The van der Waals surface area contributed by atoms with Crippen molar-refractivity contribution in [1.82, 2.24) is 0 Å². The molecule has 2 rings (SSSR count). The summed E-state index contributed by atoms with van der Waals surface area (Å²) in [7, 11) is 0. The van der Waals surface area contributed by atoms with Gasteiger partial charge in [0.15, 0.2) is 0 Å². The largest absolute Gasteiger partial charge is 0.165 e. The van der Waals surface area contributed by atoms with Gasteiger partial charge in [0, 0.05) is 26.2 Å². The predicted octanol–water partition coefficient (Wildman–Crippen LogP) is 5.00. The van der Waals surface area contributed by atoms with E-state index in [1.165, 1.54) is 16.3 Å². The van der Waals surface area contributed by atoms with Crippen molar-refractivity contribution in [2.45, 2.75) is 20.8 Å². The molecule has 0 N–H and O–H groups in total. The van der Waals surface area contributed by atoms with Crippen LogP contribution in [0.15, 0.2) is 60.7 Å². The minimum atomic E-state index is 0. The van der Waals surface area contributed by atoms with Crippen LogP contribution in [0.25, 0.3) is 10.8 Å². The van der Waals surface area contributed by atoms with Crippen LogP contribution in [0.1, 0.15) is 19.4 Å². The number of hydrogen-bond acceptors (Lipinski definition) is 0. The second kappa shape index (κ2) is 7.51. The zero-order valence-electron chi connectivity index (χ0n) is 10.9. The molecule has 2 aromatic rings. The predicted molar refractivity (Wildman–Crippen MR) is 73.9 cm³/mol. The number of benzene rings is 1. The summed E-state index contributed by atoms with van der Waals surface area (Å²) in [5.41, 5.74) is 3.48. The van der Waals surface area contributed by atoms with Gasteiger partial charge in [-0.25, -0.2) is 0 Å². The Balaban J connectivity index is 0.000000324. The van der Waals surface area contributed by atoms with E-state index in [9.17, 15) is 0 Å². The van der Waals surface area contributed by atoms with Crippen molar-refractivity contribution in [3.05, 3.63) is 66.3 Å². The van der Waals surface area contributed by atoms with Gasteiger partial charge in [-0.3, -0.25) is 0 Å². The molecule has 0 amide bonds. The van der Waals surface area contributed by atoms with Gasteiger partial charge in [-0.05, 0) is 13.8 Å². The molecule has 0 aliphatic heterocycles. The second-order valence-corrected chi connectivity index (χ2v) is 4.22. The van der Waals surface area contributed by atoms with E-state index in [1.807, 2.05) is 13.8 Å². The first kappa shape index (κ1) is 16.2. The first-order valence-corrected chi connectivity index (χ1v) is 5.44. The zero-order valence-corrected chi connectivity index (χ0v) is 13.3. The third-order valence-electron chi connectivity index (χ3n) is 2.49. The topological polar surface area (TPSA) is 0 Å². The van der Waals surface area contributed by atoms with Gasteiger partial charge in [0.2, 0.25) is 0 Å². The van der Waals surface area contributed by atoms with Gasteiger partial charge >= 0.3 is 0 Å². The molecule has 0 spiro atoms. The first-order valence-electron chi connectivity index (χ1n) is 5.44. The van der Waals surface area contributed by atoms with E-state index in [2.05, 4.69) is 56.5 Å². The van der Waals surface area contributed by atoms with Crippen LogP contribution in [0.2, 0.25) is 0 Å². The molecule has 0 heterocycles. The van der Waals surface area contributed by atoms with Gasteiger partial charge in [0.25, 0.3) is 0 Å². The first-order chi connectivity index (χ1) is 7.50. The van der Waals surface area contributed by atoms with Crippen molar-refractivity contribution in [1.29, 1.82) is 0 Å². The van der Waals surface area contributed by atoms with Gasteiger partial charge in [0.05, 0.1) is 0 Å². The van der Waals surface area contributed by atoms with Crippen LogP contribution in [0.5, 0.6) is 0 Å². The summed E-state index contributed by atoms with van der Waals surface area (Å²) < 4.78 is 0. The molecule has 2 aromatic carbocycles. The number of aryl methyl sites for hydroxylation is 1. The van der Waals surface area contributed by atoms with Gasteiger partial charge < -0.3 is 0 Å². The molecule has 0 unspecified atom stereocenters. The van der Waals surface area contributed by atoms with Gasteiger partial charge in [0.1, 0.15) is 0 Å². The maximum Gasteiger partial charge on any atom is 0 e. The third kappa shape index (κ3) is 5.37. The van der Waals surface area contributed by atoms with E-state index in [0.29, 0.717) is 0 Å². The van der Waals surface area contributed by atoms with Crippen LogP contribution < -0.4 is 0 Å². The maximum absolute atomic E-state index is 3.66. The Kier molecular flexibility index (Phi) is 7.15. The normalized spacial score (nSPS) is 8.88. The standard InChI is InChI=1S/C10H9.C6H10.Zr/c1-8-6-9-4-2-3-5-10(9)7-8;1-5(2)6(3)4;/h2-7H,1H3;1,3H2,2,4H3;/q-1;;. The second-order valence-electron chi connectivity index (χ2n) is 4.22. The van der Waals surface area contributed by atoms with E-state index in [0.717, 1.165) is 11.1 Å². The molecule has 0 atom stereocenters. The molecular formula is C16H19Zr-. The molecule has 0 saturated heterocycles. The van der Waals surface area contributed by atoms with Crippen LogP contribution in [0.4, 0.5) is 0 Å². The smallest absolute Gasteiger partial charge is 0 e. The van der Waals surface area contributed by atoms with Crippen molar-refractivity contribution in [3.8, 4) is 0 Å². The molecule has 0 fully saturated rings. The SMILES string of the molecule is C=C(C)C(=C)C.Cc1cc2ccccc2[cH-]1.[Zr]. The molecule has 0 saturated carbocycles. The minimum absolute atomic E-state index is 0. The van der Waals surface area contributed by atoms with Crippen LogP contribution in [-0.4, -0.2) is 0 Å². The summed E-state index contributed by atoms with van der Waals surface area (Å²) in [6.45, 7) is 13.3. The quantitative estimate of drug-likeness (QED) is 0.513. The molecule has 1 heteroatoms. The van der Waals surface area contributed by atoms with Crippen LogP contribution in [0.3, 0.4) is 0 Å². The minimum Gasteiger partial charge on any atom is -0.165 e. The zero-order chi connectivity index (χ0) is 12.1. The van der Waals surface area contributed by atoms with Crippen molar-refractivity contribution >= 4 is 10.8 Å². The van der Waals surface area contributed by atoms with Crippen molar-refractivity contribution in [2.75, 3.05) is 0 Å². The molecule has 17 heavy (non-hydrogen) atoms. The Labute approximate surface area is 124 Å². The van der Waals surface area contributed by atoms with Crippen molar-refractivity contribution in [3.63, 3.8) is 0 Å². The van der Waals surface area contributed by atoms with E-state index in [-0.39, 0.29) is 26.2 Å². The Morgan fingerprint density at radius 2 is 1.59 bits per heavy atom. The number of hydrogen-bond donors (Lipinski definition) is 0. The van der Waals surface area contributed by atoms with E-state index in [4.69, 9.17) is 0 Å². The fraction of sp³-hybridized carbons (Fsp3) is 0.188. The molecular weight excluding hydrogens is 283 g/mol. The molecule has 88 valence electrons. The molecule has 0 aromatic heterocycles. The van der Waals surface area contributed by atoms with Gasteiger partial charge in [-0.2, -0.15) is 6.07 Å². The summed E-state index contributed by atoms with van der Waals surface area (Å²) in [6.07, 6.45) is 0. The fourth-order valence-electron chi connectivity index (χ4n) is 1.31. The third-order valence-corrected chi connectivity index (χ3v) is 2.49. The molecule has 0 radical (unpaired) electrons. The number of allylic oxidation sites excluding steroid dienone is 2. The Morgan fingerprint density at radius 3 is 2.06 bits per heavy atom. The average Bonchev–Trinajstić information content (AvgIpc) is 2.58. The summed E-state index contributed by atoms with van der Waals surface area (Å²) in [5, 5.41) is 2.69. The fourth-order valence-corrected chi connectivity index (χ4v) is 1.31. The summed E-state index contributed by atoms with van der Waals surface area (Å²) in [6, 6.07) is 12.8. The number of rotatable bonds is 1. The van der Waals surface area contributed by atoms with E-state index >= 15 is 0 Å². The van der Waals surface area contributed by atoms with Crippen LogP contribution in [-0.2, 0) is 26.2 Å². The Morgan fingerprint density at radius 1 is 1.06 bits per heavy atom. The molecule has 0 bridgehead atoms. The molecule has 0 nitrogen and oxygen atoms in total. The Bertz CT molecular complexity index is 458. The van der Waals surface area contributed by atoms with Crippen LogP contribution in [0, 0.1) is 6.92 Å². The van der Waals surface area contributed by atoms with Gasteiger partial charge in [-0.1, -0.05) is 37.3 Å². The summed E-state index contributed by atoms with van der Waals surface area (Å²) >= 11 is 0. The maximum atomic E-state index is 3.66. The van der Waals surface area contributed by atoms with Crippen molar-refractivity contribution in [2.24, 2.45) is 0 Å². The van der Waals surface area contributed by atoms with E-state index in [1.54, 1.807) is 0 Å². The number of fused-ring (bicyclic) bond motifs is 1. The summed E-state index contributed by atoms with van der Waals surface area (Å²) in [5.74, 6) is 0. The average molecular weight is 303 g/mol.